The molecule has 104 valence electrons. The van der Waals surface area contributed by atoms with Gasteiger partial charge in [0.2, 0.25) is 0 Å². The topological polar surface area (TPSA) is 83.4 Å². The lowest BCUT2D eigenvalue weighted by molar-refractivity contribution is -0.144. The minimum Gasteiger partial charge on any atom is -0.481 e. The minimum absolute atomic E-state index is 0.0527. The molecule has 1 aliphatic heterocycles. The first kappa shape index (κ1) is 13.9. The summed E-state index contributed by atoms with van der Waals surface area (Å²) in [6.45, 7) is 4.74. The van der Waals surface area contributed by atoms with Crippen LogP contribution in [0.2, 0.25) is 0 Å². The summed E-state index contributed by atoms with van der Waals surface area (Å²) in [5, 5.41) is 12.9. The van der Waals surface area contributed by atoms with Crippen molar-refractivity contribution in [3.8, 4) is 0 Å². The third-order valence-electron chi connectivity index (χ3n) is 3.53. The van der Waals surface area contributed by atoms with Crippen molar-refractivity contribution >= 4 is 23.4 Å². The second kappa shape index (κ2) is 5.64. The molecule has 1 N–H and O–H groups in total. The van der Waals surface area contributed by atoms with Gasteiger partial charge >= 0.3 is 5.97 Å². The summed E-state index contributed by atoms with van der Waals surface area (Å²) in [5.74, 6) is -1.22. The second-order valence-electron chi connectivity index (χ2n) is 4.90. The number of nitrogens with zero attached hydrogens (tertiary/aromatic N) is 3. The molecule has 1 unspecified atom stereocenters. The maximum atomic E-state index is 12.2. The maximum absolute atomic E-state index is 12.2. The summed E-state index contributed by atoms with van der Waals surface area (Å²) in [5.41, 5.74) is 0.757. The van der Waals surface area contributed by atoms with Crippen LogP contribution in [0.25, 0.3) is 0 Å². The van der Waals surface area contributed by atoms with Gasteiger partial charge in [-0.15, -0.1) is 5.10 Å². The van der Waals surface area contributed by atoms with E-state index in [2.05, 4.69) is 9.59 Å². The number of hydrogen-bond donors (Lipinski definition) is 1. The third-order valence-corrected chi connectivity index (χ3v) is 4.29. The van der Waals surface area contributed by atoms with Crippen LogP contribution in [0.1, 0.15) is 35.6 Å². The van der Waals surface area contributed by atoms with Gasteiger partial charge in [0.1, 0.15) is 4.88 Å². The molecule has 0 saturated carbocycles. The van der Waals surface area contributed by atoms with Crippen LogP contribution in [0.4, 0.5) is 0 Å². The van der Waals surface area contributed by atoms with Gasteiger partial charge in [0, 0.05) is 19.0 Å². The Morgan fingerprint density at radius 3 is 2.79 bits per heavy atom. The van der Waals surface area contributed by atoms with Gasteiger partial charge in [-0.05, 0) is 18.0 Å². The first-order valence-corrected chi connectivity index (χ1v) is 7.15. The van der Waals surface area contributed by atoms with Crippen LogP contribution in [-0.2, 0) is 11.2 Å². The quantitative estimate of drug-likeness (QED) is 0.880. The molecule has 0 aliphatic carbocycles. The number of carboxylic acids is 1. The fraction of sp³-hybridized carbons (Fsp3) is 0.667. The van der Waals surface area contributed by atoms with Gasteiger partial charge in [-0.2, -0.15) is 0 Å². The Morgan fingerprint density at radius 1 is 1.53 bits per heavy atom. The van der Waals surface area contributed by atoms with Crippen molar-refractivity contribution in [2.45, 2.75) is 26.7 Å². The molecule has 2 rings (SSSR count). The normalized spacial score (nSPS) is 17.1. The Labute approximate surface area is 115 Å². The van der Waals surface area contributed by atoms with Crippen LogP contribution >= 0.6 is 11.5 Å². The van der Waals surface area contributed by atoms with Crippen LogP contribution in [0.5, 0.6) is 0 Å². The summed E-state index contributed by atoms with van der Waals surface area (Å²) < 4.78 is 3.84. The molecule has 0 aromatic carbocycles. The zero-order valence-corrected chi connectivity index (χ0v) is 11.8. The van der Waals surface area contributed by atoms with Gasteiger partial charge in [-0.25, -0.2) is 0 Å². The average molecular weight is 283 g/mol. The van der Waals surface area contributed by atoms with E-state index in [1.54, 1.807) is 11.8 Å². The second-order valence-corrected chi connectivity index (χ2v) is 5.65. The fourth-order valence-corrected chi connectivity index (χ4v) is 2.79. The number of aliphatic carboxylic acids is 1. The molecule has 0 radical (unpaired) electrons. The Bertz CT molecular complexity index is 482. The van der Waals surface area contributed by atoms with Crippen molar-refractivity contribution < 1.29 is 14.7 Å². The number of carboxylic acid groups (broad SMARTS) is 1. The third kappa shape index (κ3) is 2.75. The molecule has 0 spiro atoms. The smallest absolute Gasteiger partial charge is 0.306 e. The van der Waals surface area contributed by atoms with Gasteiger partial charge in [0.05, 0.1) is 11.6 Å². The van der Waals surface area contributed by atoms with Crippen molar-refractivity contribution in [1.82, 2.24) is 14.5 Å². The minimum atomic E-state index is -0.803. The molecule has 1 aliphatic rings. The summed E-state index contributed by atoms with van der Waals surface area (Å²) in [7, 11) is 0. The van der Waals surface area contributed by atoms with Crippen molar-refractivity contribution in [3.05, 3.63) is 10.6 Å². The number of amides is 1. The lowest BCUT2D eigenvalue weighted by Gasteiger charge is -2.40. The Hall–Kier alpha value is -1.50. The van der Waals surface area contributed by atoms with Gasteiger partial charge in [0.15, 0.2) is 0 Å². The number of likely N-dealkylation sites (tertiary alicyclic amines) is 1. The van der Waals surface area contributed by atoms with Crippen molar-refractivity contribution in [2.75, 3.05) is 13.1 Å². The van der Waals surface area contributed by atoms with E-state index in [1.807, 2.05) is 6.92 Å². The summed E-state index contributed by atoms with van der Waals surface area (Å²) in [6, 6.07) is 0. The molecule has 2 heterocycles. The van der Waals surface area contributed by atoms with Gasteiger partial charge in [0.25, 0.3) is 5.91 Å². The molecule has 1 aromatic heterocycles. The SMILES string of the molecule is CCCc1nnsc1C(=O)N1CC(C(C)C(=O)O)C1. The number of hydrogen-bond acceptors (Lipinski definition) is 5. The van der Waals surface area contributed by atoms with Crippen LogP contribution in [0.3, 0.4) is 0 Å². The highest BCUT2D eigenvalue weighted by atomic mass is 32.1. The summed E-state index contributed by atoms with van der Waals surface area (Å²) in [4.78, 5) is 25.4. The first-order valence-electron chi connectivity index (χ1n) is 6.37. The van der Waals surface area contributed by atoms with E-state index in [-0.39, 0.29) is 11.8 Å². The van der Waals surface area contributed by atoms with E-state index >= 15 is 0 Å². The summed E-state index contributed by atoms with van der Waals surface area (Å²) >= 11 is 1.12. The molecule has 0 bridgehead atoms. The van der Waals surface area contributed by atoms with Crippen molar-refractivity contribution in [2.24, 2.45) is 11.8 Å². The summed E-state index contributed by atoms with van der Waals surface area (Å²) in [6.07, 6.45) is 1.67. The highest BCUT2D eigenvalue weighted by Gasteiger charge is 2.38. The standard InChI is InChI=1S/C12H17N3O3S/c1-3-4-9-10(19-14-13-9)11(16)15-5-8(6-15)7(2)12(17)18/h7-8H,3-6H2,1-2H3,(H,17,18). The number of aryl methyl sites for hydroxylation is 1. The molecule has 1 aromatic rings. The largest absolute Gasteiger partial charge is 0.481 e. The first-order chi connectivity index (χ1) is 9.04. The van der Waals surface area contributed by atoms with Crippen LogP contribution < -0.4 is 0 Å². The van der Waals surface area contributed by atoms with E-state index in [0.717, 1.165) is 30.1 Å². The van der Waals surface area contributed by atoms with E-state index < -0.39 is 11.9 Å². The molecule has 19 heavy (non-hydrogen) atoms. The zero-order chi connectivity index (χ0) is 14.0. The molecule has 6 nitrogen and oxygen atoms in total. The van der Waals surface area contributed by atoms with Gasteiger partial charge in [-0.1, -0.05) is 24.8 Å². The molecule has 1 fully saturated rings. The van der Waals surface area contributed by atoms with Crippen LogP contribution in [0.15, 0.2) is 0 Å². The van der Waals surface area contributed by atoms with Crippen LogP contribution in [0, 0.1) is 11.8 Å². The molecule has 1 atom stereocenters. The predicted molar refractivity (Wildman–Crippen MR) is 70.1 cm³/mol. The zero-order valence-electron chi connectivity index (χ0n) is 11.0. The maximum Gasteiger partial charge on any atom is 0.306 e. The van der Waals surface area contributed by atoms with Gasteiger partial charge < -0.3 is 10.0 Å². The Kier molecular flexibility index (Phi) is 4.14. The van der Waals surface area contributed by atoms with Crippen LogP contribution in [-0.4, -0.2) is 44.6 Å². The number of carbonyl (C=O) groups excluding carboxylic acids is 1. The number of rotatable bonds is 5. The van der Waals surface area contributed by atoms with E-state index in [9.17, 15) is 9.59 Å². The predicted octanol–water partition coefficient (Wildman–Crippen LogP) is 1.28. The Morgan fingerprint density at radius 2 is 2.21 bits per heavy atom. The Balaban J connectivity index is 1.96. The molecular weight excluding hydrogens is 266 g/mol. The van der Waals surface area contributed by atoms with Gasteiger partial charge in [-0.3, -0.25) is 9.59 Å². The average Bonchev–Trinajstić information content (AvgIpc) is 2.75. The highest BCUT2D eigenvalue weighted by molar-refractivity contribution is 7.08. The molecule has 7 heteroatoms. The lowest BCUT2D eigenvalue weighted by Crippen LogP contribution is -2.53. The molecule has 1 saturated heterocycles. The highest BCUT2D eigenvalue weighted by Crippen LogP contribution is 2.27. The van der Waals surface area contributed by atoms with E-state index in [4.69, 9.17) is 5.11 Å². The number of aromatic nitrogens is 2. The molecule has 1 amide bonds. The monoisotopic (exact) mass is 283 g/mol. The lowest BCUT2D eigenvalue weighted by atomic mass is 9.87. The number of carbonyl (C=O) groups is 2. The van der Waals surface area contributed by atoms with Crippen molar-refractivity contribution in [1.29, 1.82) is 0 Å². The van der Waals surface area contributed by atoms with E-state index in [0.29, 0.717) is 18.0 Å². The van der Waals surface area contributed by atoms with Crippen molar-refractivity contribution in [3.63, 3.8) is 0 Å². The fourth-order valence-electron chi connectivity index (χ4n) is 2.11. The molecular formula is C12H17N3O3S. The van der Waals surface area contributed by atoms with E-state index in [1.165, 1.54) is 0 Å².